The molecule has 0 aliphatic heterocycles. The van der Waals surface area contributed by atoms with Gasteiger partial charge >= 0.3 is 0 Å². The van der Waals surface area contributed by atoms with Crippen LogP contribution < -0.4 is 0 Å². The molecular weight excluding hydrogens is 842 g/mol. The lowest BCUT2D eigenvalue weighted by molar-refractivity contribution is -0.929. The van der Waals surface area contributed by atoms with Crippen LogP contribution in [0.4, 0.5) is 0 Å². The maximum Gasteiger partial charge on any atom is 0.0786 e. The molecule has 1 nitrogen and oxygen atoms in total. The van der Waals surface area contributed by atoms with Crippen LogP contribution in [-0.2, 0) is 24.3 Å². The van der Waals surface area contributed by atoms with Crippen LogP contribution in [0.5, 0.6) is 0 Å². The number of nitrogens with zero attached hydrogens (tertiary/aromatic N) is 1. The maximum absolute atomic E-state index is 2.45. The van der Waals surface area contributed by atoms with Gasteiger partial charge in [-0.3, -0.25) is 0 Å². The van der Waals surface area contributed by atoms with E-state index in [-0.39, 0.29) is 0 Å². The van der Waals surface area contributed by atoms with E-state index in [1.54, 1.807) is 0 Å². The maximum atomic E-state index is 2.45. The van der Waals surface area contributed by atoms with E-state index in [9.17, 15) is 0 Å². The van der Waals surface area contributed by atoms with Gasteiger partial charge in [0.15, 0.2) is 0 Å². The Hall–Kier alpha value is -6.22. The van der Waals surface area contributed by atoms with E-state index in [1.165, 1.54) is 138 Å². The molecular formula is C68H80BN. The molecule has 0 bridgehead atoms. The first-order chi connectivity index (χ1) is 34.5. The minimum atomic E-state index is -1.49. The van der Waals surface area contributed by atoms with Gasteiger partial charge in [0.25, 0.3) is 0 Å². The molecule has 0 aliphatic carbocycles. The Kier molecular flexibility index (Phi) is 19.7. The average molecular weight is 922 g/mol. The Labute approximate surface area is 424 Å². The minimum Gasteiger partial charge on any atom is -0.324 e. The Morgan fingerprint density at radius 1 is 0.329 bits per heavy atom. The molecule has 0 aliphatic rings. The molecule has 0 saturated carbocycles. The van der Waals surface area contributed by atoms with Gasteiger partial charge in [-0.25, -0.2) is 0 Å². The Morgan fingerprint density at radius 3 is 0.986 bits per heavy atom. The zero-order valence-electron chi connectivity index (χ0n) is 43.1. The van der Waals surface area contributed by atoms with Gasteiger partial charge in [0.05, 0.1) is 26.2 Å². The normalized spacial score (nSPS) is 11.7. The molecule has 8 aromatic rings. The lowest BCUT2D eigenvalue weighted by atomic mass is 9.06. The first kappa shape index (κ1) is 51.6. The lowest BCUT2D eigenvalue weighted by Gasteiger charge is -2.60. The third kappa shape index (κ3) is 12.8. The SMILES string of the molecule is CCCC[N+](CCCC)(CCCC)CCCC.c1ccc(C[B-](Cc2ccccc2)(Cc2ccccc2)C(c2ccccc2)(c2ccccc2)c2cccc(-c3ccccc3)c2-c2ccccc2)cc1. The largest absolute Gasteiger partial charge is 0.324 e. The third-order valence-corrected chi connectivity index (χ3v) is 15.4. The van der Waals surface area contributed by atoms with Gasteiger partial charge in [-0.2, -0.15) is 19.0 Å². The molecule has 0 atom stereocenters. The predicted molar refractivity (Wildman–Crippen MR) is 306 cm³/mol. The highest BCUT2D eigenvalue weighted by Gasteiger charge is 2.50. The smallest absolute Gasteiger partial charge is 0.0786 e. The van der Waals surface area contributed by atoms with E-state index in [1.807, 2.05) is 0 Å². The fourth-order valence-electron chi connectivity index (χ4n) is 12.1. The van der Waals surface area contributed by atoms with Gasteiger partial charge < -0.3 is 4.48 Å². The van der Waals surface area contributed by atoms with Crippen molar-refractivity contribution in [3.8, 4) is 22.3 Å². The number of quaternary nitrogens is 1. The zero-order chi connectivity index (χ0) is 48.8. The van der Waals surface area contributed by atoms with Crippen molar-refractivity contribution in [3.05, 3.63) is 264 Å². The molecule has 0 N–H and O–H groups in total. The van der Waals surface area contributed by atoms with Gasteiger partial charge in [0.1, 0.15) is 0 Å². The molecule has 0 radical (unpaired) electrons. The van der Waals surface area contributed by atoms with Crippen molar-refractivity contribution in [1.82, 2.24) is 0 Å². The molecule has 0 unspecified atom stereocenters. The van der Waals surface area contributed by atoms with Crippen LogP contribution in [0.3, 0.4) is 0 Å². The van der Waals surface area contributed by atoms with Crippen LogP contribution in [0.15, 0.2) is 231 Å². The van der Waals surface area contributed by atoms with Crippen molar-refractivity contribution in [2.24, 2.45) is 0 Å². The van der Waals surface area contributed by atoms with Crippen molar-refractivity contribution in [2.75, 3.05) is 26.2 Å². The van der Waals surface area contributed by atoms with Crippen molar-refractivity contribution in [2.45, 2.75) is 103 Å². The second-order valence-electron chi connectivity index (χ2n) is 20.2. The molecule has 0 aromatic heterocycles. The van der Waals surface area contributed by atoms with E-state index in [2.05, 4.69) is 258 Å². The van der Waals surface area contributed by atoms with Gasteiger partial charge in [0, 0.05) is 6.15 Å². The molecule has 8 rings (SSSR count). The summed E-state index contributed by atoms with van der Waals surface area (Å²) in [5, 5.41) is -0.569. The van der Waals surface area contributed by atoms with Crippen molar-refractivity contribution in [3.63, 3.8) is 0 Å². The topological polar surface area (TPSA) is 0 Å². The Bertz CT molecular complexity index is 2470. The standard InChI is InChI=1S/C52H44B.C16H36N/c1-8-23-42(24-9-1)39-53(40-43-25-10-2-11-26-43,41-44-27-12-3-13-28-44)52(47-33-18-6-19-34-47,48-35-20-7-21-36-48)50-38-22-37-49(45-29-14-4-15-30-45)51(50)46-31-16-5-17-32-46;1-5-9-13-17(14-10-6-2,15-11-7-3)16-12-8-4/h1-38H,39-41H2;5-16H2,1-4H3/q-1;+1. The molecule has 2 heteroatoms. The fraction of sp³-hybridized carbons (Fsp3) is 0.294. The van der Waals surface area contributed by atoms with Crippen LogP contribution >= 0.6 is 0 Å². The van der Waals surface area contributed by atoms with Crippen LogP contribution in [0.1, 0.15) is 112 Å². The zero-order valence-corrected chi connectivity index (χ0v) is 43.1. The molecule has 0 amide bonds. The fourth-order valence-corrected chi connectivity index (χ4v) is 12.1. The lowest BCUT2D eigenvalue weighted by Crippen LogP contribution is -2.63. The van der Waals surface area contributed by atoms with Crippen molar-refractivity contribution < 1.29 is 4.48 Å². The van der Waals surface area contributed by atoms with E-state index < -0.39 is 11.5 Å². The van der Waals surface area contributed by atoms with E-state index in [0.29, 0.717) is 0 Å². The molecule has 8 aromatic carbocycles. The predicted octanol–water partition coefficient (Wildman–Crippen LogP) is 17.7. The number of hydrogen-bond donors (Lipinski definition) is 0. The monoisotopic (exact) mass is 922 g/mol. The molecule has 70 heavy (non-hydrogen) atoms. The quantitative estimate of drug-likeness (QED) is 0.0322. The summed E-state index contributed by atoms with van der Waals surface area (Å²) in [7, 11) is 0. The van der Waals surface area contributed by atoms with E-state index in [4.69, 9.17) is 0 Å². The van der Waals surface area contributed by atoms with Crippen LogP contribution in [-0.4, -0.2) is 36.8 Å². The highest BCUT2D eigenvalue weighted by atomic mass is 15.3. The summed E-state index contributed by atoms with van der Waals surface area (Å²) in [5.74, 6) is 0. The summed E-state index contributed by atoms with van der Waals surface area (Å²) in [5.41, 5.74) is 13.0. The number of benzene rings is 8. The summed E-state index contributed by atoms with van der Waals surface area (Å²) >= 11 is 0. The minimum absolute atomic E-state index is 0.569. The summed E-state index contributed by atoms with van der Waals surface area (Å²) < 4.78 is 1.42. The summed E-state index contributed by atoms with van der Waals surface area (Å²) in [4.78, 5) is 0. The highest BCUT2D eigenvalue weighted by molar-refractivity contribution is 6.82. The average Bonchev–Trinajstić information content (AvgIpc) is 3.43. The molecule has 0 saturated heterocycles. The van der Waals surface area contributed by atoms with Crippen molar-refractivity contribution >= 4 is 6.15 Å². The van der Waals surface area contributed by atoms with Crippen LogP contribution in [0.25, 0.3) is 22.3 Å². The summed E-state index contributed by atoms with van der Waals surface area (Å²) in [6.07, 6.45) is 12.3. The first-order valence-corrected chi connectivity index (χ1v) is 27.0. The summed E-state index contributed by atoms with van der Waals surface area (Å²) in [6, 6.07) is 85.7. The molecule has 360 valence electrons. The van der Waals surface area contributed by atoms with E-state index in [0.717, 1.165) is 19.0 Å². The number of hydrogen-bond acceptors (Lipinski definition) is 0. The Balaban J connectivity index is 0.000000364. The number of rotatable bonds is 24. The molecule has 0 fully saturated rings. The van der Waals surface area contributed by atoms with Gasteiger partial charge in [-0.15, -0.1) is 0 Å². The van der Waals surface area contributed by atoms with Crippen molar-refractivity contribution in [1.29, 1.82) is 0 Å². The van der Waals surface area contributed by atoms with Gasteiger partial charge in [0.2, 0.25) is 0 Å². The first-order valence-electron chi connectivity index (χ1n) is 27.0. The van der Waals surface area contributed by atoms with Crippen LogP contribution in [0, 0.1) is 0 Å². The second-order valence-corrected chi connectivity index (χ2v) is 20.2. The Morgan fingerprint density at radius 2 is 0.643 bits per heavy atom. The molecule has 0 heterocycles. The third-order valence-electron chi connectivity index (χ3n) is 15.4. The van der Waals surface area contributed by atoms with Gasteiger partial charge in [-0.05, 0) is 47.9 Å². The van der Waals surface area contributed by atoms with E-state index >= 15 is 0 Å². The number of unbranched alkanes of at least 4 members (excludes halogenated alkanes) is 4. The second kappa shape index (κ2) is 26.7. The molecule has 0 spiro atoms. The summed E-state index contributed by atoms with van der Waals surface area (Å²) in [6.45, 7) is 15.0. The highest BCUT2D eigenvalue weighted by Crippen LogP contribution is 2.54. The van der Waals surface area contributed by atoms with Crippen LogP contribution in [0.2, 0.25) is 0 Å². The van der Waals surface area contributed by atoms with Gasteiger partial charge in [-0.1, -0.05) is 323 Å².